The first kappa shape index (κ1) is 37.1. The van der Waals surface area contributed by atoms with Crippen molar-refractivity contribution >= 4 is 20.3 Å². The van der Waals surface area contributed by atoms with Crippen molar-refractivity contribution < 1.29 is 24.1 Å². The van der Waals surface area contributed by atoms with E-state index in [0.717, 1.165) is 5.30 Å². The Bertz CT molecular complexity index is 639. The highest BCUT2D eigenvalue weighted by molar-refractivity contribution is 7.31. The summed E-state index contributed by atoms with van der Waals surface area (Å²) in [6.45, 7) is 15.1. The van der Waals surface area contributed by atoms with E-state index in [2.05, 4.69) is 20.9 Å². The number of nitrogens with one attached hydrogen (secondary N) is 3. The van der Waals surface area contributed by atoms with E-state index in [9.17, 15) is 19.4 Å². The number of aliphatic hydroxyl groups excluding tert-OH is 2. The van der Waals surface area contributed by atoms with Crippen LogP contribution in [-0.2, 0) is 16.1 Å². The SMILES string of the molecule is CC.CC.CC.CNC.Cc1pc(CNC(=O)C2N=CCCOCCNC(O)C2O)ccc1F. The molecule has 8 nitrogen and oxygen atoms in total. The average Bonchev–Trinajstić information content (AvgIpc) is 2.90. The summed E-state index contributed by atoms with van der Waals surface area (Å²) in [6, 6.07) is 1.84. The minimum Gasteiger partial charge on any atom is -0.386 e. The molecular weight excluding hydrogens is 458 g/mol. The largest absolute Gasteiger partial charge is 0.386 e. The van der Waals surface area contributed by atoms with Crippen LogP contribution >= 0.6 is 8.19 Å². The number of carbonyl (C=O) groups is 1. The lowest BCUT2D eigenvalue weighted by molar-refractivity contribution is -0.127. The van der Waals surface area contributed by atoms with Crippen molar-refractivity contribution in [2.75, 3.05) is 33.9 Å². The number of aliphatic imine (C=N–C) groups is 1. The van der Waals surface area contributed by atoms with Gasteiger partial charge in [0.25, 0.3) is 0 Å². The lowest BCUT2D eigenvalue weighted by Crippen LogP contribution is -2.51. The van der Waals surface area contributed by atoms with Crippen molar-refractivity contribution in [1.29, 1.82) is 0 Å². The van der Waals surface area contributed by atoms with E-state index in [1.165, 1.54) is 12.3 Å². The average molecular weight is 507 g/mol. The Balaban J connectivity index is -0.000000945. The number of aryl methyl sites for hydroxylation is 1. The summed E-state index contributed by atoms with van der Waals surface area (Å²) in [7, 11) is 4.46. The predicted octanol–water partition coefficient (Wildman–Crippen LogP) is 3.37. The third-order valence-corrected chi connectivity index (χ3v) is 4.84. The summed E-state index contributed by atoms with van der Waals surface area (Å²) in [5.41, 5.74) is 0. The van der Waals surface area contributed by atoms with Gasteiger partial charge in [-0.1, -0.05) is 49.7 Å². The number of carbonyl (C=O) groups excluding carboxylic acids is 1. The number of hydrogen-bond acceptors (Lipinski definition) is 7. The fourth-order valence-electron chi connectivity index (χ4n) is 2.29. The third kappa shape index (κ3) is 17.0. The van der Waals surface area contributed by atoms with Crippen molar-refractivity contribution in [3.63, 3.8) is 0 Å². The Morgan fingerprint density at radius 2 is 1.76 bits per heavy atom. The molecule has 0 saturated carbocycles. The quantitative estimate of drug-likeness (QED) is 0.429. The van der Waals surface area contributed by atoms with E-state index < -0.39 is 24.3 Å². The van der Waals surface area contributed by atoms with Crippen molar-refractivity contribution in [3.8, 4) is 0 Å². The van der Waals surface area contributed by atoms with Gasteiger partial charge in [-0.3, -0.25) is 15.1 Å². The van der Waals surface area contributed by atoms with Crippen molar-refractivity contribution in [2.45, 2.75) is 79.8 Å². The number of amides is 1. The lowest BCUT2D eigenvalue weighted by Gasteiger charge is -2.24. The van der Waals surface area contributed by atoms with E-state index in [1.54, 1.807) is 13.0 Å². The van der Waals surface area contributed by atoms with Gasteiger partial charge in [-0.2, -0.15) is 0 Å². The number of nitrogens with zero attached hydrogens (tertiary/aromatic N) is 1. The van der Waals surface area contributed by atoms with Gasteiger partial charge in [0.1, 0.15) is 18.1 Å². The molecule has 200 valence electrons. The molecule has 2 rings (SSSR count). The van der Waals surface area contributed by atoms with Gasteiger partial charge in [0.05, 0.1) is 13.2 Å². The molecule has 1 aliphatic rings. The molecule has 1 aromatic rings. The minimum atomic E-state index is -1.39. The zero-order chi connectivity index (χ0) is 26.9. The lowest BCUT2D eigenvalue weighted by atomic mass is 10.1. The van der Waals surface area contributed by atoms with Crippen LogP contribution in [0.1, 0.15) is 58.6 Å². The number of ether oxygens (including phenoxy) is 1. The molecule has 0 aromatic carbocycles. The van der Waals surface area contributed by atoms with Crippen molar-refractivity contribution in [3.05, 3.63) is 28.5 Å². The summed E-state index contributed by atoms with van der Waals surface area (Å²) >= 11 is 0. The molecule has 5 N–H and O–H groups in total. The van der Waals surface area contributed by atoms with E-state index in [-0.39, 0.29) is 12.4 Å². The number of rotatable bonds is 3. The zero-order valence-electron chi connectivity index (χ0n) is 22.5. The molecule has 0 fully saturated rings. The molecule has 1 aliphatic heterocycles. The van der Waals surface area contributed by atoms with Gasteiger partial charge in [0.15, 0.2) is 6.04 Å². The molecule has 1 amide bonds. The summed E-state index contributed by atoms with van der Waals surface area (Å²) in [4.78, 5) is 16.5. The maximum atomic E-state index is 13.3. The van der Waals surface area contributed by atoms with Crippen LogP contribution in [0.25, 0.3) is 0 Å². The van der Waals surface area contributed by atoms with E-state index >= 15 is 0 Å². The van der Waals surface area contributed by atoms with Crippen molar-refractivity contribution in [1.82, 2.24) is 16.0 Å². The summed E-state index contributed by atoms with van der Waals surface area (Å²) in [5.74, 6) is -0.773. The van der Waals surface area contributed by atoms with Crippen LogP contribution in [0.15, 0.2) is 17.1 Å². The summed E-state index contributed by atoms with van der Waals surface area (Å²) in [5, 5.41) is 29.7. The highest BCUT2D eigenvalue weighted by Gasteiger charge is 2.31. The van der Waals surface area contributed by atoms with Gasteiger partial charge in [0.2, 0.25) is 5.91 Å². The Morgan fingerprint density at radius 3 is 2.32 bits per heavy atom. The molecule has 1 aromatic heterocycles. The number of hydrogen-bond donors (Lipinski definition) is 5. The highest BCUT2D eigenvalue weighted by Crippen LogP contribution is 2.22. The molecule has 3 unspecified atom stereocenters. The van der Waals surface area contributed by atoms with E-state index in [4.69, 9.17) is 4.74 Å². The standard InChI is InChI=1S/C16H23FN3O4P.C2H7N.3C2H6/c1-10-12(17)4-3-11(25-10)9-20-15(22)13-14(21)16(23)19-6-8-24-7-2-5-18-13;1-3-2;3*1-2/h3-5,13-14,16,19,21,23H,2,6-9H2,1H3,(H,20,22);3H,1-2H3;3*1-2H3. The summed E-state index contributed by atoms with van der Waals surface area (Å²) in [6.07, 6.45) is -0.666. The number of aliphatic hydroxyl groups is 2. The topological polar surface area (TPSA) is 115 Å². The zero-order valence-corrected chi connectivity index (χ0v) is 23.4. The fourth-order valence-corrected chi connectivity index (χ4v) is 3.21. The second-order valence-corrected chi connectivity index (χ2v) is 7.62. The van der Waals surface area contributed by atoms with Gasteiger partial charge in [-0.15, -0.1) is 0 Å². The molecule has 10 heteroatoms. The summed E-state index contributed by atoms with van der Waals surface area (Å²) < 4.78 is 18.6. The van der Waals surface area contributed by atoms with Gasteiger partial charge >= 0.3 is 0 Å². The first-order chi connectivity index (χ1) is 16.4. The second-order valence-electron chi connectivity index (χ2n) is 6.15. The van der Waals surface area contributed by atoms with Crippen LogP contribution in [0, 0.1) is 12.7 Å². The van der Waals surface area contributed by atoms with Gasteiger partial charge in [0, 0.05) is 31.0 Å². The minimum absolute atomic E-state index is 0.215. The van der Waals surface area contributed by atoms with E-state index in [1.807, 2.05) is 55.6 Å². The Labute approximate surface area is 207 Å². The van der Waals surface area contributed by atoms with Gasteiger partial charge in [-0.25, -0.2) is 4.39 Å². The van der Waals surface area contributed by atoms with Crippen molar-refractivity contribution in [2.24, 2.45) is 4.99 Å². The van der Waals surface area contributed by atoms with Gasteiger partial charge < -0.3 is 25.6 Å². The van der Waals surface area contributed by atoms with Gasteiger partial charge in [-0.05, 0) is 38.4 Å². The molecule has 3 atom stereocenters. The molecule has 0 bridgehead atoms. The first-order valence-corrected chi connectivity index (χ1v) is 13.0. The van der Waals surface area contributed by atoms with Crippen LogP contribution in [0.2, 0.25) is 0 Å². The second kappa shape index (κ2) is 26.1. The molecule has 0 aliphatic carbocycles. The normalized spacial score (nSPS) is 19.8. The van der Waals surface area contributed by atoms with E-state index in [0.29, 0.717) is 39.7 Å². The maximum Gasteiger partial charge on any atom is 0.247 e. The molecule has 0 radical (unpaired) electrons. The van der Waals surface area contributed by atoms with Crippen LogP contribution in [0.3, 0.4) is 0 Å². The van der Waals surface area contributed by atoms with Crippen LogP contribution < -0.4 is 16.0 Å². The first-order valence-electron chi connectivity index (χ1n) is 12.1. The predicted molar refractivity (Wildman–Crippen MR) is 142 cm³/mol. The smallest absolute Gasteiger partial charge is 0.247 e. The molecule has 2 heterocycles. The maximum absolute atomic E-state index is 13.3. The molecular formula is C24H48FN4O4P. The number of halogens is 1. The third-order valence-electron chi connectivity index (χ3n) is 3.70. The van der Waals surface area contributed by atoms with Crippen LogP contribution in [0.4, 0.5) is 4.39 Å². The molecule has 0 saturated heterocycles. The molecule has 34 heavy (non-hydrogen) atoms. The monoisotopic (exact) mass is 506 g/mol. The highest BCUT2D eigenvalue weighted by atomic mass is 31.0. The molecule has 0 spiro atoms. The fraction of sp³-hybridized carbons (Fsp3) is 0.708. The Kier molecular flexibility index (Phi) is 28.5. The Hall–Kier alpha value is -1.48. The Morgan fingerprint density at radius 1 is 1.18 bits per heavy atom. The van der Waals surface area contributed by atoms with Crippen LogP contribution in [0.5, 0.6) is 0 Å². The van der Waals surface area contributed by atoms with Crippen LogP contribution in [-0.4, -0.2) is 74.6 Å².